The zero-order chi connectivity index (χ0) is 22.5. The van der Waals surface area contributed by atoms with Crippen LogP contribution in [-0.2, 0) is 12.8 Å². The van der Waals surface area contributed by atoms with Crippen LogP contribution in [0.3, 0.4) is 0 Å². The van der Waals surface area contributed by atoms with E-state index in [1.165, 1.54) is 11.1 Å². The number of benzene rings is 2. The van der Waals surface area contributed by atoms with Gasteiger partial charge in [-0.3, -0.25) is 4.99 Å². The zero-order valence-corrected chi connectivity index (χ0v) is 20.9. The number of rotatable bonds is 8. The molecule has 4 nitrogen and oxygen atoms in total. The minimum absolute atomic E-state index is 0.123. The summed E-state index contributed by atoms with van der Waals surface area (Å²) in [7, 11) is 2.19. The third kappa shape index (κ3) is 5.77. The van der Waals surface area contributed by atoms with Crippen LogP contribution in [0.1, 0.15) is 28.7 Å². The average Bonchev–Trinajstić information content (AvgIpc) is 3.24. The van der Waals surface area contributed by atoms with Gasteiger partial charge in [-0.05, 0) is 74.7 Å². The number of amidine groups is 1. The van der Waals surface area contributed by atoms with Crippen LogP contribution in [0.4, 0.5) is 4.39 Å². The molecule has 2 heterocycles. The van der Waals surface area contributed by atoms with E-state index in [4.69, 9.17) is 4.99 Å². The summed E-state index contributed by atoms with van der Waals surface area (Å²) in [6.45, 7) is 10.6. The van der Waals surface area contributed by atoms with Gasteiger partial charge in [0, 0.05) is 49.3 Å². The molecule has 4 rings (SSSR count). The Bertz CT molecular complexity index is 953. The predicted octanol–water partition coefficient (Wildman–Crippen LogP) is 4.38. The second-order valence-electron chi connectivity index (χ2n) is 9.03. The number of halogens is 2. The minimum atomic E-state index is -0.123. The van der Waals surface area contributed by atoms with Gasteiger partial charge in [0.15, 0.2) is 0 Å². The molecule has 0 N–H and O–H groups in total. The van der Waals surface area contributed by atoms with Crippen LogP contribution in [0.2, 0.25) is 0 Å². The Morgan fingerprint density at radius 3 is 2.62 bits per heavy atom. The van der Waals surface area contributed by atoms with Gasteiger partial charge in [-0.2, -0.15) is 0 Å². The van der Waals surface area contributed by atoms with Crippen LogP contribution in [0.25, 0.3) is 0 Å². The highest BCUT2D eigenvalue weighted by molar-refractivity contribution is 9.10. The smallest absolute Gasteiger partial charge is 0.131 e. The van der Waals surface area contributed by atoms with Crippen LogP contribution in [-0.4, -0.2) is 79.9 Å². The summed E-state index contributed by atoms with van der Waals surface area (Å²) in [6, 6.07) is 11.8. The molecule has 32 heavy (non-hydrogen) atoms. The van der Waals surface area contributed by atoms with Gasteiger partial charge in [0.05, 0.1) is 6.54 Å². The quantitative estimate of drug-likeness (QED) is 0.536. The molecule has 0 bridgehead atoms. The summed E-state index contributed by atoms with van der Waals surface area (Å²) in [5, 5.41) is 0. The number of hydrogen-bond donors (Lipinski definition) is 0. The molecule has 0 spiro atoms. The lowest BCUT2D eigenvalue weighted by molar-refractivity contribution is 0.150. The van der Waals surface area contributed by atoms with E-state index in [1.54, 1.807) is 6.07 Å². The molecule has 2 aliphatic rings. The molecule has 172 valence electrons. The number of hydrogen-bond acceptors (Lipinski definition) is 4. The van der Waals surface area contributed by atoms with Crippen LogP contribution in [0.15, 0.2) is 45.9 Å². The fourth-order valence-corrected chi connectivity index (χ4v) is 5.11. The second-order valence-corrected chi connectivity index (χ2v) is 9.94. The van der Waals surface area contributed by atoms with Crippen molar-refractivity contribution >= 4 is 21.8 Å². The molecule has 0 radical (unpaired) electrons. The van der Waals surface area contributed by atoms with Crippen molar-refractivity contribution in [1.82, 2.24) is 14.7 Å². The maximum Gasteiger partial charge on any atom is 0.131 e. The summed E-state index contributed by atoms with van der Waals surface area (Å²) in [5.74, 6) is 0.853. The SMILES string of the molecule is Cc1ccc(Br)cc1CCc1c(F)cccc1C1=NCCN1CCCN1CCN(C)CC1. The Hall–Kier alpha value is -1.76. The molecule has 1 saturated heterocycles. The molecule has 2 aromatic carbocycles. The van der Waals surface area contributed by atoms with E-state index in [0.29, 0.717) is 6.42 Å². The van der Waals surface area contributed by atoms with Crippen molar-refractivity contribution < 1.29 is 4.39 Å². The number of likely N-dealkylation sites (N-methyl/N-ethyl adjacent to an activating group) is 1. The Balaban J connectivity index is 1.42. The number of aliphatic imine (C=N–C) groups is 1. The number of piperazine rings is 1. The van der Waals surface area contributed by atoms with Crippen molar-refractivity contribution in [3.8, 4) is 0 Å². The first-order valence-electron chi connectivity index (χ1n) is 11.7. The van der Waals surface area contributed by atoms with Crippen molar-refractivity contribution in [2.75, 3.05) is 59.4 Å². The molecule has 0 aliphatic carbocycles. The first-order chi connectivity index (χ1) is 15.5. The van der Waals surface area contributed by atoms with Gasteiger partial charge in [-0.25, -0.2) is 4.39 Å². The Morgan fingerprint density at radius 1 is 1.00 bits per heavy atom. The van der Waals surface area contributed by atoms with Crippen molar-refractivity contribution in [2.45, 2.75) is 26.2 Å². The Kier molecular flexibility index (Phi) is 7.98. The van der Waals surface area contributed by atoms with E-state index >= 15 is 0 Å². The Labute approximate surface area is 200 Å². The second kappa shape index (κ2) is 10.9. The van der Waals surface area contributed by atoms with E-state index in [9.17, 15) is 4.39 Å². The van der Waals surface area contributed by atoms with Gasteiger partial charge in [0.2, 0.25) is 0 Å². The van der Waals surface area contributed by atoms with Gasteiger partial charge in [-0.15, -0.1) is 0 Å². The predicted molar refractivity (Wildman–Crippen MR) is 134 cm³/mol. The summed E-state index contributed by atoms with van der Waals surface area (Å²) in [6.07, 6.45) is 2.61. The molecule has 1 fully saturated rings. The molecule has 0 amide bonds. The third-order valence-corrected chi connectivity index (χ3v) is 7.24. The van der Waals surface area contributed by atoms with E-state index in [-0.39, 0.29) is 5.82 Å². The van der Waals surface area contributed by atoms with Gasteiger partial charge in [0.1, 0.15) is 11.7 Å². The topological polar surface area (TPSA) is 22.1 Å². The highest BCUT2D eigenvalue weighted by Gasteiger charge is 2.23. The molecular weight excluding hydrogens is 467 g/mol. The summed E-state index contributed by atoms with van der Waals surface area (Å²) in [4.78, 5) is 12.1. The van der Waals surface area contributed by atoms with E-state index in [2.05, 4.69) is 62.8 Å². The molecule has 0 saturated carbocycles. The molecule has 2 aromatic rings. The van der Waals surface area contributed by atoms with Crippen molar-refractivity contribution in [3.05, 3.63) is 68.9 Å². The van der Waals surface area contributed by atoms with E-state index in [0.717, 1.165) is 86.6 Å². The van der Waals surface area contributed by atoms with Gasteiger partial charge >= 0.3 is 0 Å². The van der Waals surface area contributed by atoms with Crippen LogP contribution in [0, 0.1) is 12.7 Å². The molecule has 0 atom stereocenters. The third-order valence-electron chi connectivity index (χ3n) is 6.74. The fraction of sp³-hybridized carbons (Fsp3) is 0.500. The minimum Gasteiger partial charge on any atom is -0.355 e. The highest BCUT2D eigenvalue weighted by Crippen LogP contribution is 2.23. The highest BCUT2D eigenvalue weighted by atomic mass is 79.9. The van der Waals surface area contributed by atoms with Crippen LogP contribution in [0.5, 0.6) is 0 Å². The maximum atomic E-state index is 14.9. The average molecular weight is 501 g/mol. The van der Waals surface area contributed by atoms with Gasteiger partial charge < -0.3 is 14.7 Å². The normalized spacial score (nSPS) is 17.8. The maximum absolute atomic E-state index is 14.9. The van der Waals surface area contributed by atoms with Crippen molar-refractivity contribution in [1.29, 1.82) is 0 Å². The molecule has 0 unspecified atom stereocenters. The van der Waals surface area contributed by atoms with Crippen LogP contribution < -0.4 is 0 Å². The van der Waals surface area contributed by atoms with Crippen LogP contribution >= 0.6 is 15.9 Å². The summed E-state index contributed by atoms with van der Waals surface area (Å²) in [5.41, 5.74) is 4.26. The van der Waals surface area contributed by atoms with E-state index in [1.807, 2.05) is 12.1 Å². The van der Waals surface area contributed by atoms with E-state index < -0.39 is 0 Å². The zero-order valence-electron chi connectivity index (χ0n) is 19.3. The fourth-order valence-electron chi connectivity index (χ4n) is 4.70. The lowest BCUT2D eigenvalue weighted by Gasteiger charge is -2.33. The molecule has 2 aliphatic heterocycles. The molecular formula is C26H34BrFN4. The first kappa shape index (κ1) is 23.4. The summed E-state index contributed by atoms with van der Waals surface area (Å²) < 4.78 is 16.0. The van der Waals surface area contributed by atoms with Crippen molar-refractivity contribution in [2.24, 2.45) is 4.99 Å². The monoisotopic (exact) mass is 500 g/mol. The first-order valence-corrected chi connectivity index (χ1v) is 12.5. The van der Waals surface area contributed by atoms with Crippen molar-refractivity contribution in [3.63, 3.8) is 0 Å². The Morgan fingerprint density at radius 2 is 1.81 bits per heavy atom. The van der Waals surface area contributed by atoms with Gasteiger partial charge in [-0.1, -0.05) is 34.1 Å². The van der Waals surface area contributed by atoms with Gasteiger partial charge in [0.25, 0.3) is 0 Å². The number of nitrogens with zero attached hydrogens (tertiary/aromatic N) is 4. The number of aryl methyl sites for hydroxylation is 2. The lowest BCUT2D eigenvalue weighted by Crippen LogP contribution is -2.45. The largest absolute Gasteiger partial charge is 0.355 e. The molecule has 6 heteroatoms. The molecule has 0 aromatic heterocycles. The summed E-state index contributed by atoms with van der Waals surface area (Å²) >= 11 is 3.56. The lowest BCUT2D eigenvalue weighted by atomic mass is 9.96. The standard InChI is InChI=1S/C26H34BrFN4/c1-20-7-9-22(27)19-21(20)8-10-23-24(5-3-6-25(23)28)26-29-11-14-32(26)13-4-12-31-17-15-30(2)16-18-31/h3,5-7,9,19H,4,8,10-18H2,1-2H3.